The van der Waals surface area contributed by atoms with E-state index in [1.54, 1.807) is 19.1 Å². The Balaban J connectivity index is 1.57. The highest BCUT2D eigenvalue weighted by molar-refractivity contribution is 5.94. The van der Waals surface area contributed by atoms with Crippen LogP contribution < -0.4 is 10.2 Å². The van der Waals surface area contributed by atoms with Gasteiger partial charge in [-0.1, -0.05) is 6.07 Å². The highest BCUT2D eigenvalue weighted by Gasteiger charge is 2.31. The van der Waals surface area contributed by atoms with Gasteiger partial charge in [0.25, 0.3) is 0 Å². The van der Waals surface area contributed by atoms with Crippen LogP contribution in [0.4, 0.5) is 24.5 Å². The molecule has 2 aromatic carbocycles. The average molecular weight is 393 g/mol. The van der Waals surface area contributed by atoms with Crippen molar-refractivity contribution in [1.82, 2.24) is 4.90 Å². The maximum absolute atomic E-state index is 12.8. The molecule has 1 fully saturated rings. The van der Waals surface area contributed by atoms with Gasteiger partial charge in [0.05, 0.1) is 11.6 Å². The van der Waals surface area contributed by atoms with Crippen LogP contribution in [0.2, 0.25) is 0 Å². The third-order valence-electron chi connectivity index (χ3n) is 4.91. The van der Waals surface area contributed by atoms with Crippen molar-refractivity contribution in [2.24, 2.45) is 0 Å². The molecule has 8 heteroatoms. The Morgan fingerprint density at radius 1 is 1.07 bits per heavy atom. The number of phenolic OH excluding ortho intramolecular Hbond substituents is 1. The van der Waals surface area contributed by atoms with Gasteiger partial charge in [-0.3, -0.25) is 9.69 Å². The Labute approximate surface area is 161 Å². The monoisotopic (exact) mass is 393 g/mol. The van der Waals surface area contributed by atoms with Crippen LogP contribution in [-0.4, -0.2) is 48.1 Å². The third-order valence-corrected chi connectivity index (χ3v) is 4.91. The van der Waals surface area contributed by atoms with E-state index in [-0.39, 0.29) is 17.3 Å². The van der Waals surface area contributed by atoms with Crippen LogP contribution in [-0.2, 0) is 11.0 Å². The summed E-state index contributed by atoms with van der Waals surface area (Å²) in [6.07, 6.45) is -4.45. The Hall–Kier alpha value is -2.74. The summed E-state index contributed by atoms with van der Waals surface area (Å²) in [7, 11) is 0. The number of piperazine rings is 1. The molecule has 2 N–H and O–H groups in total. The van der Waals surface area contributed by atoms with Crippen molar-refractivity contribution in [3.63, 3.8) is 0 Å². The molecule has 0 aromatic heterocycles. The molecule has 5 nitrogen and oxygen atoms in total. The Morgan fingerprint density at radius 2 is 1.71 bits per heavy atom. The van der Waals surface area contributed by atoms with Crippen molar-refractivity contribution < 1.29 is 23.1 Å². The largest absolute Gasteiger partial charge is 0.508 e. The number of benzene rings is 2. The lowest BCUT2D eigenvalue weighted by Gasteiger charge is -2.38. The number of rotatable bonds is 4. The van der Waals surface area contributed by atoms with Gasteiger partial charge in [0.2, 0.25) is 5.91 Å². The molecule has 2 aromatic rings. The topological polar surface area (TPSA) is 55.8 Å². The Morgan fingerprint density at radius 3 is 2.32 bits per heavy atom. The summed E-state index contributed by atoms with van der Waals surface area (Å²) >= 11 is 0. The van der Waals surface area contributed by atoms with Gasteiger partial charge >= 0.3 is 6.18 Å². The first-order chi connectivity index (χ1) is 13.2. The minimum absolute atomic E-state index is 0.134. The Bertz CT molecular complexity index is 816. The summed E-state index contributed by atoms with van der Waals surface area (Å²) in [6.45, 7) is 4.48. The minimum atomic E-state index is -4.45. The number of carbonyl (C=O) groups excluding carboxylic acids is 1. The molecule has 28 heavy (non-hydrogen) atoms. The van der Waals surface area contributed by atoms with Crippen molar-refractivity contribution in [3.8, 4) is 5.75 Å². The summed E-state index contributed by atoms with van der Waals surface area (Å²) in [5.41, 5.74) is 0.341. The van der Waals surface area contributed by atoms with Crippen molar-refractivity contribution in [3.05, 3.63) is 54.1 Å². The summed E-state index contributed by atoms with van der Waals surface area (Å²) in [6, 6.07) is 11.1. The SMILES string of the molecule is C[C@H](C(=O)Nc1cccc(C(F)(F)F)c1)N1CCN(c2ccc(O)cc2)CC1. The van der Waals surface area contributed by atoms with Gasteiger partial charge in [0, 0.05) is 37.6 Å². The molecule has 1 atom stereocenters. The number of aromatic hydroxyl groups is 1. The standard InChI is InChI=1S/C20H22F3N3O2/c1-14(19(28)24-16-4-2-3-15(13-16)20(21,22)23)25-9-11-26(12-10-25)17-5-7-18(27)8-6-17/h2-8,13-14,27H,9-12H2,1H3,(H,24,28)/t14-/m1/s1. The molecule has 0 radical (unpaired) electrons. The van der Waals surface area contributed by atoms with Gasteiger partial charge in [-0.15, -0.1) is 0 Å². The molecule has 0 unspecified atom stereocenters. The number of nitrogens with one attached hydrogen (secondary N) is 1. The number of hydrogen-bond acceptors (Lipinski definition) is 4. The summed E-state index contributed by atoms with van der Waals surface area (Å²) < 4.78 is 38.4. The molecule has 3 rings (SSSR count). The van der Waals surface area contributed by atoms with Crippen molar-refractivity contribution in [2.45, 2.75) is 19.1 Å². The lowest BCUT2D eigenvalue weighted by molar-refractivity contribution is -0.137. The molecular formula is C20H22F3N3O2. The van der Waals surface area contributed by atoms with E-state index in [4.69, 9.17) is 0 Å². The number of alkyl halides is 3. The van der Waals surface area contributed by atoms with Gasteiger partial charge in [0.1, 0.15) is 5.75 Å². The number of hydrogen-bond donors (Lipinski definition) is 2. The minimum Gasteiger partial charge on any atom is -0.508 e. The predicted molar refractivity (Wildman–Crippen MR) is 101 cm³/mol. The van der Waals surface area contributed by atoms with Gasteiger partial charge in [-0.25, -0.2) is 0 Å². The quantitative estimate of drug-likeness (QED) is 0.834. The van der Waals surface area contributed by atoms with Gasteiger partial charge in [0.15, 0.2) is 0 Å². The fourth-order valence-electron chi connectivity index (χ4n) is 3.22. The van der Waals surface area contributed by atoms with E-state index in [1.807, 2.05) is 17.0 Å². The molecule has 1 saturated heterocycles. The van der Waals surface area contributed by atoms with Crippen LogP contribution in [0.3, 0.4) is 0 Å². The average Bonchev–Trinajstić information content (AvgIpc) is 2.68. The second-order valence-electron chi connectivity index (χ2n) is 6.78. The van der Waals surface area contributed by atoms with E-state index in [9.17, 15) is 23.1 Å². The van der Waals surface area contributed by atoms with Crippen molar-refractivity contribution >= 4 is 17.3 Å². The zero-order valence-electron chi connectivity index (χ0n) is 15.4. The fraction of sp³-hybridized carbons (Fsp3) is 0.350. The molecule has 0 aliphatic carbocycles. The van der Waals surface area contributed by atoms with Crippen LogP contribution in [0, 0.1) is 0 Å². The maximum Gasteiger partial charge on any atom is 0.416 e. The normalized spacial score (nSPS) is 16.6. The summed E-state index contributed by atoms with van der Waals surface area (Å²) in [5, 5.41) is 12.0. The number of nitrogens with zero attached hydrogens (tertiary/aromatic N) is 2. The molecule has 0 bridgehead atoms. The van der Waals surface area contributed by atoms with E-state index in [1.165, 1.54) is 12.1 Å². The van der Waals surface area contributed by atoms with Crippen LogP contribution in [0.15, 0.2) is 48.5 Å². The van der Waals surface area contributed by atoms with Crippen LogP contribution in [0.1, 0.15) is 12.5 Å². The van der Waals surface area contributed by atoms with Crippen LogP contribution in [0.5, 0.6) is 5.75 Å². The first-order valence-corrected chi connectivity index (χ1v) is 9.00. The highest BCUT2D eigenvalue weighted by Crippen LogP contribution is 2.30. The summed E-state index contributed by atoms with van der Waals surface area (Å²) in [4.78, 5) is 16.6. The number of phenols is 1. The van der Waals surface area contributed by atoms with E-state index < -0.39 is 17.8 Å². The molecule has 150 valence electrons. The number of anilines is 2. The van der Waals surface area contributed by atoms with E-state index in [0.29, 0.717) is 26.2 Å². The number of carbonyl (C=O) groups is 1. The van der Waals surface area contributed by atoms with Crippen molar-refractivity contribution in [1.29, 1.82) is 0 Å². The maximum atomic E-state index is 12.8. The van der Waals surface area contributed by atoms with E-state index in [2.05, 4.69) is 10.2 Å². The molecule has 1 amide bonds. The van der Waals surface area contributed by atoms with Crippen molar-refractivity contribution in [2.75, 3.05) is 36.4 Å². The first kappa shape index (κ1) is 20.0. The van der Waals surface area contributed by atoms with E-state index >= 15 is 0 Å². The molecule has 0 saturated carbocycles. The zero-order chi connectivity index (χ0) is 20.3. The lowest BCUT2D eigenvalue weighted by atomic mass is 10.1. The van der Waals surface area contributed by atoms with Gasteiger partial charge < -0.3 is 15.3 Å². The lowest BCUT2D eigenvalue weighted by Crippen LogP contribution is -2.52. The Kier molecular flexibility index (Phi) is 5.79. The first-order valence-electron chi connectivity index (χ1n) is 9.00. The fourth-order valence-corrected chi connectivity index (χ4v) is 3.22. The van der Waals surface area contributed by atoms with Gasteiger partial charge in [-0.05, 0) is 49.4 Å². The number of amides is 1. The molecule has 1 heterocycles. The molecule has 1 aliphatic heterocycles. The second-order valence-corrected chi connectivity index (χ2v) is 6.78. The van der Waals surface area contributed by atoms with Crippen LogP contribution in [0.25, 0.3) is 0 Å². The van der Waals surface area contributed by atoms with Crippen LogP contribution >= 0.6 is 0 Å². The number of halogens is 3. The third kappa shape index (κ3) is 4.75. The van der Waals surface area contributed by atoms with Gasteiger partial charge in [-0.2, -0.15) is 13.2 Å². The molecule has 1 aliphatic rings. The summed E-state index contributed by atoms with van der Waals surface area (Å²) in [5.74, 6) is -0.125. The predicted octanol–water partition coefficient (Wildman–Crippen LogP) is 3.56. The smallest absolute Gasteiger partial charge is 0.416 e. The molecular weight excluding hydrogens is 371 g/mol. The van der Waals surface area contributed by atoms with E-state index in [0.717, 1.165) is 17.8 Å². The molecule has 0 spiro atoms. The highest BCUT2D eigenvalue weighted by atomic mass is 19.4. The zero-order valence-corrected chi connectivity index (χ0v) is 15.4. The second kappa shape index (κ2) is 8.10.